The number of hydrogen-bond donors (Lipinski definition) is 2. The van der Waals surface area contributed by atoms with Crippen LogP contribution in [0.4, 0.5) is 5.95 Å². The van der Waals surface area contributed by atoms with E-state index in [0.29, 0.717) is 36.7 Å². The second kappa shape index (κ2) is 8.39. The van der Waals surface area contributed by atoms with Crippen molar-refractivity contribution in [1.29, 1.82) is 0 Å². The van der Waals surface area contributed by atoms with Gasteiger partial charge in [-0.1, -0.05) is 5.21 Å². The molecule has 1 fully saturated rings. The Labute approximate surface area is 167 Å². The first kappa shape index (κ1) is 19.1. The Hall–Kier alpha value is -3.27. The molecule has 3 N–H and O–H groups in total. The number of anilines is 1. The monoisotopic (exact) mass is 397 g/mol. The minimum atomic E-state index is -0.248. The quantitative estimate of drug-likeness (QED) is 0.544. The number of fused-ring (bicyclic) bond motifs is 1. The van der Waals surface area contributed by atoms with Crippen LogP contribution in [0.3, 0.4) is 0 Å². The van der Waals surface area contributed by atoms with Crippen LogP contribution in [0.15, 0.2) is 30.5 Å². The smallest absolute Gasteiger partial charge is 0.225 e. The Morgan fingerprint density at radius 2 is 2.10 bits per heavy atom. The molecule has 1 aliphatic carbocycles. The van der Waals surface area contributed by atoms with Gasteiger partial charge in [-0.15, -0.1) is 5.10 Å². The van der Waals surface area contributed by atoms with Crippen LogP contribution in [0.25, 0.3) is 16.9 Å². The zero-order chi connectivity index (χ0) is 20.2. The van der Waals surface area contributed by atoms with Crippen molar-refractivity contribution in [1.82, 2.24) is 25.0 Å². The minimum Gasteiger partial charge on any atom is -0.491 e. The summed E-state index contributed by atoms with van der Waals surface area (Å²) in [4.78, 5) is 20.3. The normalized spacial score (nSPS) is 18.8. The molecule has 1 saturated carbocycles. The highest BCUT2D eigenvalue weighted by molar-refractivity contribution is 5.77. The van der Waals surface area contributed by atoms with E-state index in [1.54, 1.807) is 18.0 Å². The van der Waals surface area contributed by atoms with Gasteiger partial charge in [0, 0.05) is 19.1 Å². The summed E-state index contributed by atoms with van der Waals surface area (Å²) >= 11 is 0. The summed E-state index contributed by atoms with van der Waals surface area (Å²) in [5.41, 5.74) is 7.41. The van der Waals surface area contributed by atoms with Crippen molar-refractivity contribution in [2.24, 2.45) is 11.7 Å². The number of carbonyl (C=O) groups is 1. The molecule has 152 valence electrons. The van der Waals surface area contributed by atoms with Crippen LogP contribution in [0, 0.1) is 5.92 Å². The minimum absolute atomic E-state index is 0.0898. The van der Waals surface area contributed by atoms with Crippen LogP contribution in [-0.4, -0.2) is 57.2 Å². The Morgan fingerprint density at radius 1 is 1.28 bits per heavy atom. The lowest BCUT2D eigenvalue weighted by Crippen LogP contribution is -2.23. The van der Waals surface area contributed by atoms with E-state index in [2.05, 4.69) is 25.6 Å². The molecular weight excluding hydrogens is 374 g/mol. The zero-order valence-corrected chi connectivity index (χ0v) is 16.1. The molecule has 0 bridgehead atoms. The number of benzene rings is 1. The Kier molecular flexibility index (Phi) is 5.52. The molecule has 1 aromatic carbocycles. The van der Waals surface area contributed by atoms with Crippen molar-refractivity contribution in [3.8, 4) is 11.4 Å². The number of primary amides is 1. The summed E-state index contributed by atoms with van der Waals surface area (Å²) in [5, 5.41) is 11.6. The van der Waals surface area contributed by atoms with E-state index in [-0.39, 0.29) is 17.9 Å². The summed E-state index contributed by atoms with van der Waals surface area (Å²) in [5.74, 6) is 0.892. The molecule has 2 aromatic heterocycles. The number of nitrogens with two attached hydrogens (primary N) is 1. The molecule has 1 aliphatic rings. The molecular formula is C19H23N7O3. The number of nitrogens with one attached hydrogen (secondary N) is 1. The maximum absolute atomic E-state index is 11.4. The highest BCUT2D eigenvalue weighted by Crippen LogP contribution is 2.27. The lowest BCUT2D eigenvalue weighted by Gasteiger charge is -2.12. The highest BCUT2D eigenvalue weighted by Gasteiger charge is 2.28. The van der Waals surface area contributed by atoms with E-state index in [4.69, 9.17) is 15.2 Å². The number of amides is 1. The Morgan fingerprint density at radius 3 is 2.83 bits per heavy atom. The van der Waals surface area contributed by atoms with Gasteiger partial charge in [0.2, 0.25) is 11.9 Å². The molecule has 4 rings (SSSR count). The average molecular weight is 397 g/mol. The maximum Gasteiger partial charge on any atom is 0.225 e. The lowest BCUT2D eigenvalue weighted by molar-refractivity contribution is -0.121. The number of ether oxygens (including phenoxy) is 2. The van der Waals surface area contributed by atoms with Crippen molar-refractivity contribution < 1.29 is 14.3 Å². The second-order valence-corrected chi connectivity index (χ2v) is 6.99. The van der Waals surface area contributed by atoms with E-state index < -0.39 is 0 Å². The molecule has 2 heterocycles. The van der Waals surface area contributed by atoms with Gasteiger partial charge < -0.3 is 20.5 Å². The Balaban J connectivity index is 1.51. The third-order valence-corrected chi connectivity index (χ3v) is 5.00. The fraction of sp³-hybridized carbons (Fsp3) is 0.421. The van der Waals surface area contributed by atoms with Gasteiger partial charge >= 0.3 is 0 Å². The molecule has 0 spiro atoms. The zero-order valence-electron chi connectivity index (χ0n) is 16.1. The standard InChI is InChI=1S/C19H23N7O3/c1-28-8-9-29-15-6-4-14(5-7-15)26-18-16(24-25-26)11-21-19(23-18)22-13-3-2-12(10-13)17(20)27/h4-7,11-13H,2-3,8-10H2,1H3,(H2,20,27)(H,21,22,23). The second-order valence-electron chi connectivity index (χ2n) is 6.99. The van der Waals surface area contributed by atoms with Gasteiger partial charge in [0.15, 0.2) is 11.2 Å². The third kappa shape index (κ3) is 4.27. The van der Waals surface area contributed by atoms with Crippen molar-refractivity contribution in [2.75, 3.05) is 25.6 Å². The first-order valence-corrected chi connectivity index (χ1v) is 9.50. The molecule has 10 heteroatoms. The number of carbonyl (C=O) groups excluding carboxylic acids is 1. The topological polar surface area (TPSA) is 130 Å². The number of hydrogen-bond acceptors (Lipinski definition) is 8. The summed E-state index contributed by atoms with van der Waals surface area (Å²) in [6, 6.07) is 7.63. The summed E-state index contributed by atoms with van der Waals surface area (Å²) in [7, 11) is 1.63. The van der Waals surface area contributed by atoms with Crippen LogP contribution < -0.4 is 15.8 Å². The van der Waals surface area contributed by atoms with E-state index in [0.717, 1.165) is 24.3 Å². The fourth-order valence-electron chi connectivity index (χ4n) is 3.45. The first-order valence-electron chi connectivity index (χ1n) is 9.50. The van der Waals surface area contributed by atoms with E-state index in [1.165, 1.54) is 0 Å². The van der Waals surface area contributed by atoms with E-state index in [1.807, 2.05) is 24.3 Å². The average Bonchev–Trinajstić information content (AvgIpc) is 3.36. The van der Waals surface area contributed by atoms with Crippen LogP contribution >= 0.6 is 0 Å². The Bertz CT molecular complexity index is 989. The largest absolute Gasteiger partial charge is 0.491 e. The van der Waals surface area contributed by atoms with Crippen LogP contribution in [-0.2, 0) is 9.53 Å². The van der Waals surface area contributed by atoms with Gasteiger partial charge in [0.1, 0.15) is 12.4 Å². The molecule has 0 radical (unpaired) electrons. The molecule has 1 amide bonds. The molecule has 29 heavy (non-hydrogen) atoms. The SMILES string of the molecule is COCCOc1ccc(-n2nnc3cnc(NC4CCC(C(N)=O)C4)nc32)cc1. The molecule has 10 nitrogen and oxygen atoms in total. The van der Waals surface area contributed by atoms with Crippen molar-refractivity contribution in [2.45, 2.75) is 25.3 Å². The predicted molar refractivity (Wildman–Crippen MR) is 106 cm³/mol. The summed E-state index contributed by atoms with van der Waals surface area (Å²) < 4.78 is 12.2. The summed E-state index contributed by atoms with van der Waals surface area (Å²) in [6.45, 7) is 1.02. The van der Waals surface area contributed by atoms with Crippen LogP contribution in [0.1, 0.15) is 19.3 Å². The number of rotatable bonds is 8. The third-order valence-electron chi connectivity index (χ3n) is 5.00. The van der Waals surface area contributed by atoms with Gasteiger partial charge in [-0.2, -0.15) is 9.67 Å². The lowest BCUT2D eigenvalue weighted by atomic mass is 10.1. The van der Waals surface area contributed by atoms with Gasteiger partial charge in [-0.25, -0.2) is 4.98 Å². The van der Waals surface area contributed by atoms with Crippen LogP contribution in [0.5, 0.6) is 5.75 Å². The number of aromatic nitrogens is 5. The molecule has 0 saturated heterocycles. The molecule has 0 aliphatic heterocycles. The van der Waals surface area contributed by atoms with Gasteiger partial charge in [-0.3, -0.25) is 4.79 Å². The molecule has 2 atom stereocenters. The van der Waals surface area contributed by atoms with Gasteiger partial charge in [0.05, 0.1) is 18.5 Å². The molecule has 3 aromatic rings. The van der Waals surface area contributed by atoms with Gasteiger partial charge in [0.25, 0.3) is 0 Å². The van der Waals surface area contributed by atoms with Crippen molar-refractivity contribution in [3.05, 3.63) is 30.5 Å². The first-order chi connectivity index (χ1) is 14.1. The van der Waals surface area contributed by atoms with Gasteiger partial charge in [-0.05, 0) is 43.5 Å². The van der Waals surface area contributed by atoms with Crippen molar-refractivity contribution in [3.63, 3.8) is 0 Å². The van der Waals surface area contributed by atoms with Crippen molar-refractivity contribution >= 4 is 23.0 Å². The highest BCUT2D eigenvalue weighted by atomic mass is 16.5. The number of nitrogens with zero attached hydrogens (tertiary/aromatic N) is 5. The van der Waals surface area contributed by atoms with E-state index >= 15 is 0 Å². The predicted octanol–water partition coefficient (Wildman–Crippen LogP) is 1.30. The molecule has 2 unspecified atom stereocenters. The number of methoxy groups -OCH3 is 1. The maximum atomic E-state index is 11.4. The summed E-state index contributed by atoms with van der Waals surface area (Å²) in [6.07, 6.45) is 3.97. The fourth-order valence-corrected chi connectivity index (χ4v) is 3.45. The van der Waals surface area contributed by atoms with E-state index in [9.17, 15) is 4.79 Å². The van der Waals surface area contributed by atoms with Crippen LogP contribution in [0.2, 0.25) is 0 Å².